The summed E-state index contributed by atoms with van der Waals surface area (Å²) in [4.78, 5) is 0.665. The molecule has 0 spiro atoms. The van der Waals surface area contributed by atoms with E-state index in [1.54, 1.807) is 0 Å². The van der Waals surface area contributed by atoms with Crippen molar-refractivity contribution < 1.29 is 0 Å². The summed E-state index contributed by atoms with van der Waals surface area (Å²) < 4.78 is 0. The average Bonchev–Trinajstić information content (AvgIpc) is 2.33. The van der Waals surface area contributed by atoms with Gasteiger partial charge >= 0.3 is 0 Å². The van der Waals surface area contributed by atoms with Crippen molar-refractivity contribution in [3.63, 3.8) is 0 Å². The van der Waals surface area contributed by atoms with Gasteiger partial charge in [0.15, 0.2) is 0 Å². The monoisotopic (exact) mass is 294 g/mol. The largest absolute Gasteiger partial charge is 0.0884 e. The number of hydrogen-bond acceptors (Lipinski definition) is 0. The Kier molecular flexibility index (Phi) is 4.67. The topological polar surface area (TPSA) is 0 Å². The molecule has 17 heavy (non-hydrogen) atoms. The van der Waals surface area contributed by atoms with Crippen LogP contribution in [0.5, 0.6) is 0 Å². The van der Waals surface area contributed by atoms with Gasteiger partial charge in [-0.05, 0) is 43.6 Å². The summed E-state index contributed by atoms with van der Waals surface area (Å²) in [6, 6.07) is 8.99. The van der Waals surface area contributed by atoms with E-state index in [0.29, 0.717) is 4.83 Å². The molecule has 0 saturated heterocycles. The van der Waals surface area contributed by atoms with Crippen LogP contribution >= 0.6 is 15.9 Å². The van der Waals surface area contributed by atoms with E-state index in [1.807, 2.05) is 0 Å². The van der Waals surface area contributed by atoms with Crippen LogP contribution in [0.3, 0.4) is 0 Å². The van der Waals surface area contributed by atoms with Gasteiger partial charge in [0.25, 0.3) is 0 Å². The van der Waals surface area contributed by atoms with Gasteiger partial charge in [0, 0.05) is 4.83 Å². The Morgan fingerprint density at radius 3 is 2.29 bits per heavy atom. The summed E-state index contributed by atoms with van der Waals surface area (Å²) in [5, 5.41) is 0. The van der Waals surface area contributed by atoms with Crippen LogP contribution in [0.4, 0.5) is 0 Å². The molecule has 0 amide bonds. The molecule has 0 aromatic heterocycles. The second kappa shape index (κ2) is 6.04. The third kappa shape index (κ3) is 3.84. The van der Waals surface area contributed by atoms with Crippen molar-refractivity contribution in [2.24, 2.45) is 11.8 Å². The third-order valence-corrected chi connectivity index (χ3v) is 5.19. The molecule has 0 aliphatic heterocycles. The maximum atomic E-state index is 3.91. The zero-order chi connectivity index (χ0) is 12.3. The SMILES string of the molecule is Cc1ccc(CC(Br)C2CCC(C)CC2)cc1. The zero-order valence-electron chi connectivity index (χ0n) is 11.0. The molecule has 0 N–H and O–H groups in total. The lowest BCUT2D eigenvalue weighted by Gasteiger charge is -2.29. The number of aryl methyl sites for hydroxylation is 1. The van der Waals surface area contributed by atoms with Crippen molar-refractivity contribution >= 4 is 15.9 Å². The van der Waals surface area contributed by atoms with Gasteiger partial charge in [-0.3, -0.25) is 0 Å². The minimum Gasteiger partial charge on any atom is -0.0884 e. The molecule has 0 nitrogen and oxygen atoms in total. The molecule has 2 rings (SSSR count). The van der Waals surface area contributed by atoms with Crippen molar-refractivity contribution in [3.05, 3.63) is 35.4 Å². The molecular formula is C16H23Br. The summed E-state index contributed by atoms with van der Waals surface area (Å²) in [7, 11) is 0. The Labute approximate surface area is 114 Å². The number of alkyl halides is 1. The van der Waals surface area contributed by atoms with Crippen LogP contribution in [0.2, 0.25) is 0 Å². The van der Waals surface area contributed by atoms with Gasteiger partial charge in [-0.25, -0.2) is 0 Å². The first kappa shape index (κ1) is 13.1. The summed E-state index contributed by atoms with van der Waals surface area (Å²) in [5.74, 6) is 1.83. The van der Waals surface area contributed by atoms with Gasteiger partial charge < -0.3 is 0 Å². The van der Waals surface area contributed by atoms with E-state index < -0.39 is 0 Å². The minimum atomic E-state index is 0.665. The second-order valence-corrected chi connectivity index (χ2v) is 6.90. The molecule has 1 aliphatic carbocycles. The van der Waals surface area contributed by atoms with Gasteiger partial charge in [0.2, 0.25) is 0 Å². The van der Waals surface area contributed by atoms with E-state index >= 15 is 0 Å². The lowest BCUT2D eigenvalue weighted by Crippen LogP contribution is -2.22. The molecule has 1 fully saturated rings. The quantitative estimate of drug-likeness (QED) is 0.678. The first-order valence-corrected chi connectivity index (χ1v) is 7.76. The molecule has 1 aliphatic rings. The number of rotatable bonds is 3. The van der Waals surface area contributed by atoms with Crippen LogP contribution in [-0.4, -0.2) is 4.83 Å². The molecule has 1 aromatic carbocycles. The van der Waals surface area contributed by atoms with Gasteiger partial charge in [0.05, 0.1) is 0 Å². The fourth-order valence-corrected chi connectivity index (χ4v) is 3.67. The molecule has 1 atom stereocenters. The van der Waals surface area contributed by atoms with Gasteiger partial charge in [-0.15, -0.1) is 0 Å². The van der Waals surface area contributed by atoms with Crippen LogP contribution < -0.4 is 0 Å². The molecule has 1 unspecified atom stereocenters. The predicted molar refractivity (Wildman–Crippen MR) is 78.7 cm³/mol. The number of hydrogen-bond donors (Lipinski definition) is 0. The molecule has 1 aromatic rings. The standard InChI is InChI=1S/C16H23Br/c1-12-3-7-14(8-4-12)11-16(17)15-9-5-13(2)6-10-15/h3-4,7-8,13,15-16H,5-6,9-11H2,1-2H3. The van der Waals surface area contributed by atoms with Crippen LogP contribution in [0.1, 0.15) is 43.7 Å². The minimum absolute atomic E-state index is 0.665. The Balaban J connectivity index is 1.88. The van der Waals surface area contributed by atoms with E-state index in [2.05, 4.69) is 54.0 Å². The summed E-state index contributed by atoms with van der Waals surface area (Å²) in [5.41, 5.74) is 2.82. The maximum Gasteiger partial charge on any atom is 0.0214 e. The van der Waals surface area contributed by atoms with E-state index in [1.165, 1.54) is 43.2 Å². The van der Waals surface area contributed by atoms with E-state index in [-0.39, 0.29) is 0 Å². The Hall–Kier alpha value is -0.300. The molecule has 1 saturated carbocycles. The smallest absolute Gasteiger partial charge is 0.0214 e. The lowest BCUT2D eigenvalue weighted by atomic mass is 9.80. The van der Waals surface area contributed by atoms with Crippen LogP contribution in [0.25, 0.3) is 0 Å². The maximum absolute atomic E-state index is 3.91. The Morgan fingerprint density at radius 1 is 1.12 bits per heavy atom. The van der Waals surface area contributed by atoms with Gasteiger partial charge in [-0.1, -0.05) is 65.5 Å². The molecule has 0 radical (unpaired) electrons. The van der Waals surface area contributed by atoms with Gasteiger partial charge in [0.1, 0.15) is 0 Å². The van der Waals surface area contributed by atoms with Crippen molar-refractivity contribution in [1.29, 1.82) is 0 Å². The fourth-order valence-electron chi connectivity index (χ4n) is 2.76. The highest BCUT2D eigenvalue weighted by Crippen LogP contribution is 2.34. The Morgan fingerprint density at radius 2 is 1.71 bits per heavy atom. The summed E-state index contributed by atoms with van der Waals surface area (Å²) in [6.07, 6.45) is 6.83. The van der Waals surface area contributed by atoms with E-state index in [9.17, 15) is 0 Å². The zero-order valence-corrected chi connectivity index (χ0v) is 12.5. The van der Waals surface area contributed by atoms with Crippen LogP contribution in [0, 0.1) is 18.8 Å². The van der Waals surface area contributed by atoms with Crippen molar-refractivity contribution in [2.75, 3.05) is 0 Å². The highest BCUT2D eigenvalue weighted by atomic mass is 79.9. The Bertz CT molecular complexity index is 333. The van der Waals surface area contributed by atoms with Crippen molar-refractivity contribution in [3.8, 4) is 0 Å². The first-order chi connectivity index (χ1) is 8.15. The van der Waals surface area contributed by atoms with Crippen molar-refractivity contribution in [2.45, 2.75) is 50.8 Å². The second-order valence-electron chi connectivity index (χ2n) is 5.73. The first-order valence-electron chi connectivity index (χ1n) is 6.85. The van der Waals surface area contributed by atoms with Crippen LogP contribution in [-0.2, 0) is 6.42 Å². The molecular weight excluding hydrogens is 272 g/mol. The third-order valence-electron chi connectivity index (χ3n) is 4.12. The molecule has 0 bridgehead atoms. The average molecular weight is 295 g/mol. The van der Waals surface area contributed by atoms with Crippen LogP contribution in [0.15, 0.2) is 24.3 Å². The van der Waals surface area contributed by atoms with Gasteiger partial charge in [-0.2, -0.15) is 0 Å². The molecule has 0 heterocycles. The fraction of sp³-hybridized carbons (Fsp3) is 0.625. The summed E-state index contributed by atoms with van der Waals surface area (Å²) in [6.45, 7) is 4.54. The molecule has 1 heteroatoms. The highest BCUT2D eigenvalue weighted by molar-refractivity contribution is 9.09. The lowest BCUT2D eigenvalue weighted by molar-refractivity contribution is 0.285. The number of halogens is 1. The number of benzene rings is 1. The normalized spacial score (nSPS) is 26.8. The van der Waals surface area contributed by atoms with E-state index in [4.69, 9.17) is 0 Å². The highest BCUT2D eigenvalue weighted by Gasteiger charge is 2.24. The predicted octanol–water partition coefficient (Wildman–Crippen LogP) is 5.13. The van der Waals surface area contributed by atoms with Crippen molar-refractivity contribution in [1.82, 2.24) is 0 Å². The van der Waals surface area contributed by atoms with E-state index in [0.717, 1.165) is 11.8 Å². The molecule has 94 valence electrons. The summed E-state index contributed by atoms with van der Waals surface area (Å²) >= 11 is 3.91.